The largest absolute Gasteiger partial charge is 0.474 e. The molecule has 1 aliphatic heterocycles. The third kappa shape index (κ3) is 3.61. The Morgan fingerprint density at radius 3 is 2.67 bits per heavy atom. The topological polar surface area (TPSA) is 78.7 Å². The Morgan fingerprint density at radius 2 is 1.96 bits per heavy atom. The van der Waals surface area contributed by atoms with Gasteiger partial charge in [-0.05, 0) is 18.9 Å². The van der Waals surface area contributed by atoms with Gasteiger partial charge in [0.25, 0.3) is 0 Å². The van der Waals surface area contributed by atoms with Gasteiger partial charge in [0.1, 0.15) is 6.61 Å². The minimum absolute atomic E-state index is 0.0690. The standard InChI is InChI=1S/C17H20ClN3O3/c18-14-4-2-1-3-13(14)17(23)5-7-21(8-6-17)15-11-19-12-16(20-15)24-10-9-22/h1-4,11-12,22-23H,5-10H2. The zero-order valence-corrected chi connectivity index (χ0v) is 14.0. The number of halogens is 1. The summed E-state index contributed by atoms with van der Waals surface area (Å²) in [5.74, 6) is 1.08. The van der Waals surface area contributed by atoms with Crippen molar-refractivity contribution in [2.75, 3.05) is 31.2 Å². The van der Waals surface area contributed by atoms with Gasteiger partial charge in [-0.1, -0.05) is 29.8 Å². The lowest BCUT2D eigenvalue weighted by Crippen LogP contribution is -2.43. The molecule has 0 spiro atoms. The van der Waals surface area contributed by atoms with Crippen LogP contribution in [0.25, 0.3) is 0 Å². The van der Waals surface area contributed by atoms with Gasteiger partial charge in [-0.2, -0.15) is 4.98 Å². The van der Waals surface area contributed by atoms with Crippen LogP contribution in [0.1, 0.15) is 18.4 Å². The summed E-state index contributed by atoms with van der Waals surface area (Å²) in [4.78, 5) is 10.6. The summed E-state index contributed by atoms with van der Waals surface area (Å²) in [5.41, 5.74) is -0.148. The van der Waals surface area contributed by atoms with E-state index in [0.717, 1.165) is 5.56 Å². The number of ether oxygens (including phenoxy) is 1. The van der Waals surface area contributed by atoms with Gasteiger partial charge in [-0.25, -0.2) is 0 Å². The third-order valence-corrected chi connectivity index (χ3v) is 4.56. The average molecular weight is 350 g/mol. The molecule has 0 radical (unpaired) electrons. The molecule has 6 nitrogen and oxygen atoms in total. The average Bonchev–Trinajstić information content (AvgIpc) is 2.61. The Morgan fingerprint density at radius 1 is 1.21 bits per heavy atom. The Kier molecular flexibility index (Phi) is 5.18. The highest BCUT2D eigenvalue weighted by Crippen LogP contribution is 2.37. The quantitative estimate of drug-likeness (QED) is 0.859. The molecule has 0 bridgehead atoms. The van der Waals surface area contributed by atoms with Crippen LogP contribution in [0.5, 0.6) is 5.88 Å². The number of benzene rings is 1. The van der Waals surface area contributed by atoms with Crippen molar-refractivity contribution in [2.24, 2.45) is 0 Å². The number of aliphatic hydroxyl groups is 2. The Hall–Kier alpha value is -1.89. The van der Waals surface area contributed by atoms with Gasteiger partial charge < -0.3 is 19.8 Å². The highest BCUT2D eigenvalue weighted by atomic mass is 35.5. The zero-order chi connectivity index (χ0) is 17.0. The number of aromatic nitrogens is 2. The molecule has 128 valence electrons. The third-order valence-electron chi connectivity index (χ3n) is 4.23. The number of rotatable bonds is 5. The van der Waals surface area contributed by atoms with Crippen molar-refractivity contribution in [3.8, 4) is 5.88 Å². The molecule has 24 heavy (non-hydrogen) atoms. The highest BCUT2D eigenvalue weighted by Gasteiger charge is 2.35. The van der Waals surface area contributed by atoms with Crippen molar-refractivity contribution in [2.45, 2.75) is 18.4 Å². The van der Waals surface area contributed by atoms with E-state index in [0.29, 0.717) is 42.7 Å². The fourth-order valence-corrected chi connectivity index (χ4v) is 3.24. The maximum Gasteiger partial charge on any atom is 0.234 e. The molecular formula is C17H20ClN3O3. The van der Waals surface area contributed by atoms with Crippen molar-refractivity contribution < 1.29 is 14.9 Å². The second-order valence-corrected chi connectivity index (χ2v) is 6.19. The molecule has 2 N–H and O–H groups in total. The molecule has 7 heteroatoms. The van der Waals surface area contributed by atoms with Crippen LogP contribution in [-0.2, 0) is 5.60 Å². The molecule has 1 aromatic heterocycles. The predicted octanol–water partition coefficient (Wildman–Crippen LogP) is 1.99. The second-order valence-electron chi connectivity index (χ2n) is 5.79. The van der Waals surface area contributed by atoms with E-state index >= 15 is 0 Å². The molecule has 3 rings (SSSR count). The van der Waals surface area contributed by atoms with E-state index in [-0.39, 0.29) is 13.2 Å². The molecule has 1 fully saturated rings. The van der Waals surface area contributed by atoms with Crippen molar-refractivity contribution in [3.05, 3.63) is 47.2 Å². The van der Waals surface area contributed by atoms with Gasteiger partial charge in [-0.15, -0.1) is 0 Å². The van der Waals surface area contributed by atoms with Gasteiger partial charge in [0.15, 0.2) is 5.82 Å². The first-order valence-corrected chi connectivity index (χ1v) is 8.28. The van der Waals surface area contributed by atoms with Crippen LogP contribution in [0, 0.1) is 0 Å². The molecule has 0 unspecified atom stereocenters. The summed E-state index contributed by atoms with van der Waals surface area (Å²) in [6.07, 6.45) is 4.30. The number of hydrogen-bond donors (Lipinski definition) is 2. The molecule has 0 saturated carbocycles. The van der Waals surface area contributed by atoms with Crippen LogP contribution in [0.15, 0.2) is 36.7 Å². The maximum absolute atomic E-state index is 11.0. The van der Waals surface area contributed by atoms with Crippen LogP contribution in [0.4, 0.5) is 5.82 Å². The fraction of sp³-hybridized carbons (Fsp3) is 0.412. The smallest absolute Gasteiger partial charge is 0.234 e. The van der Waals surface area contributed by atoms with Crippen LogP contribution >= 0.6 is 11.6 Å². The number of nitrogens with zero attached hydrogens (tertiary/aromatic N) is 3. The summed E-state index contributed by atoms with van der Waals surface area (Å²) in [6, 6.07) is 7.42. The first-order chi connectivity index (χ1) is 11.6. The van der Waals surface area contributed by atoms with Gasteiger partial charge in [0, 0.05) is 23.7 Å². The van der Waals surface area contributed by atoms with Gasteiger partial charge in [0.05, 0.1) is 24.6 Å². The van der Waals surface area contributed by atoms with Crippen molar-refractivity contribution in [1.29, 1.82) is 0 Å². The van der Waals surface area contributed by atoms with Crippen LogP contribution in [-0.4, -0.2) is 46.5 Å². The lowest BCUT2D eigenvalue weighted by atomic mass is 9.84. The summed E-state index contributed by atoms with van der Waals surface area (Å²) in [7, 11) is 0. The van der Waals surface area contributed by atoms with Crippen molar-refractivity contribution in [1.82, 2.24) is 9.97 Å². The molecule has 0 amide bonds. The number of piperidine rings is 1. The second kappa shape index (κ2) is 7.34. The minimum atomic E-state index is -0.923. The Balaban J connectivity index is 1.70. The summed E-state index contributed by atoms with van der Waals surface area (Å²) < 4.78 is 5.30. The van der Waals surface area contributed by atoms with Gasteiger partial charge >= 0.3 is 0 Å². The molecule has 1 aliphatic rings. The van der Waals surface area contributed by atoms with Crippen LogP contribution < -0.4 is 9.64 Å². The first-order valence-electron chi connectivity index (χ1n) is 7.90. The van der Waals surface area contributed by atoms with E-state index in [2.05, 4.69) is 14.9 Å². The monoisotopic (exact) mass is 349 g/mol. The van der Waals surface area contributed by atoms with Gasteiger partial charge in [0.2, 0.25) is 5.88 Å². The number of aliphatic hydroxyl groups excluding tert-OH is 1. The number of hydrogen-bond acceptors (Lipinski definition) is 6. The zero-order valence-electron chi connectivity index (χ0n) is 13.2. The fourth-order valence-electron chi connectivity index (χ4n) is 2.92. The SMILES string of the molecule is OCCOc1cncc(N2CCC(O)(c3ccccc3Cl)CC2)n1. The van der Waals surface area contributed by atoms with E-state index < -0.39 is 5.60 Å². The molecule has 2 aromatic rings. The van der Waals surface area contributed by atoms with E-state index in [9.17, 15) is 5.11 Å². The Labute approximate surface area is 145 Å². The van der Waals surface area contributed by atoms with Crippen molar-refractivity contribution >= 4 is 17.4 Å². The van der Waals surface area contributed by atoms with Crippen molar-refractivity contribution in [3.63, 3.8) is 0 Å². The van der Waals surface area contributed by atoms with E-state index in [1.165, 1.54) is 6.20 Å². The Bertz CT molecular complexity index is 690. The number of anilines is 1. The summed E-state index contributed by atoms with van der Waals surface area (Å²) >= 11 is 6.24. The maximum atomic E-state index is 11.0. The minimum Gasteiger partial charge on any atom is -0.474 e. The molecule has 2 heterocycles. The summed E-state index contributed by atoms with van der Waals surface area (Å²) in [5, 5.41) is 20.4. The summed E-state index contributed by atoms with van der Waals surface area (Å²) in [6.45, 7) is 1.39. The molecule has 1 saturated heterocycles. The van der Waals surface area contributed by atoms with Crippen LogP contribution in [0.2, 0.25) is 5.02 Å². The molecule has 0 atom stereocenters. The lowest BCUT2D eigenvalue weighted by molar-refractivity contribution is 0.0117. The predicted molar refractivity (Wildman–Crippen MR) is 91.4 cm³/mol. The van der Waals surface area contributed by atoms with Crippen LogP contribution in [0.3, 0.4) is 0 Å². The first kappa shape index (κ1) is 17.0. The molecule has 1 aromatic carbocycles. The lowest BCUT2D eigenvalue weighted by Gasteiger charge is -2.39. The highest BCUT2D eigenvalue weighted by molar-refractivity contribution is 6.31. The van der Waals surface area contributed by atoms with E-state index in [4.69, 9.17) is 21.4 Å². The van der Waals surface area contributed by atoms with Gasteiger partial charge in [-0.3, -0.25) is 4.98 Å². The van der Waals surface area contributed by atoms with E-state index in [1.807, 2.05) is 18.2 Å². The normalized spacial score (nSPS) is 16.9. The molecule has 0 aliphatic carbocycles. The van der Waals surface area contributed by atoms with E-state index in [1.54, 1.807) is 12.3 Å². The molecular weight excluding hydrogens is 330 g/mol.